The predicted molar refractivity (Wildman–Crippen MR) is 102 cm³/mol. The first-order valence-corrected chi connectivity index (χ1v) is 10.3. The van der Waals surface area contributed by atoms with E-state index >= 15 is 0 Å². The van der Waals surface area contributed by atoms with Gasteiger partial charge in [-0.05, 0) is 32.6 Å². The van der Waals surface area contributed by atoms with Gasteiger partial charge >= 0.3 is 0 Å². The molecule has 0 saturated carbocycles. The Morgan fingerprint density at radius 2 is 1.63 bits per heavy atom. The van der Waals surface area contributed by atoms with Gasteiger partial charge in [-0.3, -0.25) is 4.79 Å². The number of hydrogen-bond donors (Lipinski definition) is 0. The molecule has 1 amide bonds. The fourth-order valence-electron chi connectivity index (χ4n) is 4.34. The van der Waals surface area contributed by atoms with Gasteiger partial charge in [0.1, 0.15) is 11.6 Å². The molecule has 0 spiro atoms. The van der Waals surface area contributed by atoms with Crippen LogP contribution in [0.15, 0.2) is 6.07 Å². The molecular weight excluding hydrogens is 344 g/mol. The molecule has 3 aliphatic heterocycles. The minimum absolute atomic E-state index is 0.157. The highest BCUT2D eigenvalue weighted by atomic mass is 16.5. The molecule has 4 heterocycles. The normalized spacial score (nSPS) is 22.9. The van der Waals surface area contributed by atoms with Crippen molar-refractivity contribution in [3.63, 3.8) is 0 Å². The molecule has 3 aliphatic rings. The standard InChI is InChI=1S/C20H30N4O3/c1-15-21-18(14-19(22-15)23-8-12-27-13-9-23)16-2-6-24(7-3-16)20(25)17-4-10-26-11-5-17/h14,16-17H,2-13H2,1H3. The first-order valence-electron chi connectivity index (χ1n) is 10.3. The van der Waals surface area contributed by atoms with E-state index in [9.17, 15) is 4.79 Å². The Hall–Kier alpha value is -1.73. The van der Waals surface area contributed by atoms with Gasteiger partial charge in [-0.2, -0.15) is 0 Å². The number of carbonyl (C=O) groups excluding carboxylic acids is 1. The zero-order valence-electron chi connectivity index (χ0n) is 16.2. The molecule has 1 aromatic heterocycles. The largest absolute Gasteiger partial charge is 0.381 e. The lowest BCUT2D eigenvalue weighted by atomic mass is 9.91. The van der Waals surface area contributed by atoms with E-state index < -0.39 is 0 Å². The number of piperidine rings is 1. The van der Waals surface area contributed by atoms with E-state index in [0.717, 1.165) is 95.6 Å². The third-order valence-electron chi connectivity index (χ3n) is 5.97. The third-order valence-corrected chi connectivity index (χ3v) is 5.97. The van der Waals surface area contributed by atoms with Crippen LogP contribution >= 0.6 is 0 Å². The smallest absolute Gasteiger partial charge is 0.225 e. The van der Waals surface area contributed by atoms with E-state index in [4.69, 9.17) is 14.5 Å². The van der Waals surface area contributed by atoms with E-state index in [1.165, 1.54) is 0 Å². The minimum atomic E-state index is 0.157. The summed E-state index contributed by atoms with van der Waals surface area (Å²) in [6, 6.07) is 2.15. The van der Waals surface area contributed by atoms with Gasteiger partial charge in [0, 0.05) is 63.0 Å². The van der Waals surface area contributed by atoms with Crippen molar-refractivity contribution in [1.82, 2.24) is 14.9 Å². The second kappa shape index (κ2) is 8.52. The Balaban J connectivity index is 1.39. The van der Waals surface area contributed by atoms with Gasteiger partial charge in [0.2, 0.25) is 5.91 Å². The van der Waals surface area contributed by atoms with Crippen LogP contribution in [-0.2, 0) is 14.3 Å². The van der Waals surface area contributed by atoms with Crippen LogP contribution < -0.4 is 4.90 Å². The number of morpholine rings is 1. The number of likely N-dealkylation sites (tertiary alicyclic amines) is 1. The molecule has 7 heteroatoms. The summed E-state index contributed by atoms with van der Waals surface area (Å²) >= 11 is 0. The summed E-state index contributed by atoms with van der Waals surface area (Å²) in [5, 5.41) is 0. The molecule has 0 bridgehead atoms. The Kier molecular flexibility index (Phi) is 5.88. The molecule has 27 heavy (non-hydrogen) atoms. The number of anilines is 1. The number of nitrogens with zero attached hydrogens (tertiary/aromatic N) is 4. The maximum Gasteiger partial charge on any atom is 0.225 e. The summed E-state index contributed by atoms with van der Waals surface area (Å²) in [6.07, 6.45) is 3.70. The van der Waals surface area contributed by atoms with Crippen molar-refractivity contribution in [3.05, 3.63) is 17.6 Å². The maximum absolute atomic E-state index is 12.7. The monoisotopic (exact) mass is 374 g/mol. The average molecular weight is 374 g/mol. The molecule has 0 unspecified atom stereocenters. The van der Waals surface area contributed by atoms with E-state index in [-0.39, 0.29) is 5.92 Å². The van der Waals surface area contributed by atoms with Crippen LogP contribution in [0.25, 0.3) is 0 Å². The Morgan fingerprint density at radius 1 is 0.963 bits per heavy atom. The molecule has 0 aliphatic carbocycles. The van der Waals surface area contributed by atoms with Gasteiger partial charge in [-0.1, -0.05) is 0 Å². The zero-order valence-corrected chi connectivity index (χ0v) is 16.2. The van der Waals surface area contributed by atoms with Crippen LogP contribution in [0.1, 0.15) is 43.1 Å². The number of rotatable bonds is 3. The van der Waals surface area contributed by atoms with Crippen LogP contribution in [0.5, 0.6) is 0 Å². The highest BCUT2D eigenvalue weighted by Crippen LogP contribution is 2.30. The molecular formula is C20H30N4O3. The fraction of sp³-hybridized carbons (Fsp3) is 0.750. The quantitative estimate of drug-likeness (QED) is 0.803. The second-order valence-electron chi connectivity index (χ2n) is 7.78. The number of aromatic nitrogens is 2. The molecule has 0 radical (unpaired) electrons. The Morgan fingerprint density at radius 3 is 2.33 bits per heavy atom. The molecule has 1 aromatic rings. The minimum Gasteiger partial charge on any atom is -0.381 e. The van der Waals surface area contributed by atoms with Crippen LogP contribution in [0, 0.1) is 12.8 Å². The number of ether oxygens (including phenoxy) is 2. The van der Waals surface area contributed by atoms with E-state index in [1.807, 2.05) is 6.92 Å². The molecule has 148 valence electrons. The van der Waals surface area contributed by atoms with Crippen LogP contribution in [0.2, 0.25) is 0 Å². The molecule has 3 fully saturated rings. The summed E-state index contributed by atoms with van der Waals surface area (Å²) in [7, 11) is 0. The summed E-state index contributed by atoms with van der Waals surface area (Å²) < 4.78 is 10.8. The molecule has 0 atom stereocenters. The van der Waals surface area contributed by atoms with Crippen molar-refractivity contribution in [2.75, 3.05) is 57.5 Å². The fourth-order valence-corrected chi connectivity index (χ4v) is 4.34. The van der Waals surface area contributed by atoms with E-state index in [1.54, 1.807) is 0 Å². The first-order chi connectivity index (χ1) is 13.2. The molecule has 7 nitrogen and oxygen atoms in total. The molecule has 3 saturated heterocycles. The van der Waals surface area contributed by atoms with Gasteiger partial charge < -0.3 is 19.3 Å². The van der Waals surface area contributed by atoms with Crippen molar-refractivity contribution < 1.29 is 14.3 Å². The summed E-state index contributed by atoms with van der Waals surface area (Å²) in [5.41, 5.74) is 1.13. The number of aryl methyl sites for hydroxylation is 1. The SMILES string of the molecule is Cc1nc(C2CCN(C(=O)C3CCOCC3)CC2)cc(N2CCOCC2)n1. The third kappa shape index (κ3) is 4.41. The van der Waals surface area contributed by atoms with Crippen molar-refractivity contribution in [2.45, 2.75) is 38.5 Å². The highest BCUT2D eigenvalue weighted by Gasteiger charge is 2.30. The van der Waals surface area contributed by atoms with Gasteiger partial charge in [0.05, 0.1) is 13.2 Å². The molecule has 0 aromatic carbocycles. The predicted octanol–water partition coefficient (Wildman–Crippen LogP) is 1.75. The van der Waals surface area contributed by atoms with Crippen molar-refractivity contribution in [1.29, 1.82) is 0 Å². The van der Waals surface area contributed by atoms with E-state index in [2.05, 4.69) is 20.9 Å². The van der Waals surface area contributed by atoms with Crippen LogP contribution in [0.4, 0.5) is 5.82 Å². The van der Waals surface area contributed by atoms with Crippen molar-refractivity contribution in [2.24, 2.45) is 5.92 Å². The number of hydrogen-bond acceptors (Lipinski definition) is 6. The highest BCUT2D eigenvalue weighted by molar-refractivity contribution is 5.79. The number of amides is 1. The zero-order chi connectivity index (χ0) is 18.6. The average Bonchev–Trinajstić information content (AvgIpc) is 2.74. The van der Waals surface area contributed by atoms with Crippen LogP contribution in [0.3, 0.4) is 0 Å². The Bertz CT molecular complexity index is 649. The van der Waals surface area contributed by atoms with Gasteiger partial charge in [0.15, 0.2) is 0 Å². The second-order valence-corrected chi connectivity index (χ2v) is 7.78. The number of carbonyl (C=O) groups is 1. The molecule has 4 rings (SSSR count). The Labute approximate surface area is 161 Å². The summed E-state index contributed by atoms with van der Waals surface area (Å²) in [4.78, 5) is 26.4. The lowest BCUT2D eigenvalue weighted by Gasteiger charge is -2.35. The topological polar surface area (TPSA) is 67.8 Å². The van der Waals surface area contributed by atoms with Gasteiger partial charge in [0.25, 0.3) is 0 Å². The van der Waals surface area contributed by atoms with Gasteiger partial charge in [-0.25, -0.2) is 9.97 Å². The van der Waals surface area contributed by atoms with Crippen molar-refractivity contribution in [3.8, 4) is 0 Å². The van der Waals surface area contributed by atoms with Crippen molar-refractivity contribution >= 4 is 11.7 Å². The maximum atomic E-state index is 12.7. The molecule has 0 N–H and O–H groups in total. The lowest BCUT2D eigenvalue weighted by Crippen LogP contribution is -2.43. The van der Waals surface area contributed by atoms with E-state index in [0.29, 0.717) is 11.8 Å². The van der Waals surface area contributed by atoms with Gasteiger partial charge in [-0.15, -0.1) is 0 Å². The van der Waals surface area contributed by atoms with Crippen LogP contribution in [-0.4, -0.2) is 73.4 Å². The lowest BCUT2D eigenvalue weighted by molar-refractivity contribution is -0.139. The summed E-state index contributed by atoms with van der Waals surface area (Å²) in [6.45, 7) is 8.34. The summed E-state index contributed by atoms with van der Waals surface area (Å²) in [5.74, 6) is 2.73. The first kappa shape index (κ1) is 18.6.